The van der Waals surface area contributed by atoms with Gasteiger partial charge in [-0.25, -0.2) is 0 Å². The Kier molecular flexibility index (Phi) is 4.39. The van der Waals surface area contributed by atoms with Crippen molar-refractivity contribution < 1.29 is 9.59 Å². The first-order valence-electron chi connectivity index (χ1n) is 6.16. The van der Waals surface area contributed by atoms with E-state index in [9.17, 15) is 9.59 Å². The number of benzene rings is 1. The molecule has 20 heavy (non-hydrogen) atoms. The molecule has 0 bridgehead atoms. The summed E-state index contributed by atoms with van der Waals surface area (Å²) < 4.78 is 1.01. The van der Waals surface area contributed by atoms with E-state index in [-0.39, 0.29) is 11.7 Å². The van der Waals surface area contributed by atoms with Crippen LogP contribution in [0.5, 0.6) is 0 Å². The van der Waals surface area contributed by atoms with Crippen LogP contribution in [0.3, 0.4) is 0 Å². The van der Waals surface area contributed by atoms with E-state index in [4.69, 9.17) is 0 Å². The molecular formula is C15H15BrN2O2. The van der Waals surface area contributed by atoms with Crippen LogP contribution in [-0.2, 0) is 6.54 Å². The molecule has 0 unspecified atom stereocenters. The second-order valence-corrected chi connectivity index (χ2v) is 5.56. The summed E-state index contributed by atoms with van der Waals surface area (Å²) in [5.41, 5.74) is 1.99. The number of amides is 1. The summed E-state index contributed by atoms with van der Waals surface area (Å²) in [6.45, 7) is 1.99. The van der Waals surface area contributed by atoms with Gasteiger partial charge in [0.1, 0.15) is 5.69 Å². The second-order valence-electron chi connectivity index (χ2n) is 4.65. The molecule has 104 valence electrons. The molecule has 2 rings (SSSR count). The van der Waals surface area contributed by atoms with Gasteiger partial charge in [0.2, 0.25) is 0 Å². The minimum absolute atomic E-state index is 0.0594. The molecule has 0 saturated carbocycles. The Balaban J connectivity index is 2.07. The Hall–Kier alpha value is -1.88. The third-order valence-electron chi connectivity index (χ3n) is 3.00. The van der Waals surface area contributed by atoms with Crippen LogP contribution >= 0.6 is 15.9 Å². The summed E-state index contributed by atoms with van der Waals surface area (Å²) in [5.74, 6) is -0.198. The number of hydrogen-bond donors (Lipinski definition) is 1. The van der Waals surface area contributed by atoms with E-state index in [0.717, 1.165) is 10.0 Å². The maximum absolute atomic E-state index is 12.2. The van der Waals surface area contributed by atoms with Gasteiger partial charge in [0.25, 0.3) is 5.91 Å². The maximum Gasteiger partial charge on any atom is 0.270 e. The summed E-state index contributed by atoms with van der Waals surface area (Å²) in [6.07, 6.45) is 1.56. The zero-order valence-electron chi connectivity index (χ0n) is 11.3. The Morgan fingerprint density at radius 3 is 2.45 bits per heavy atom. The predicted molar refractivity (Wildman–Crippen MR) is 80.7 cm³/mol. The van der Waals surface area contributed by atoms with Gasteiger partial charge in [-0.2, -0.15) is 0 Å². The zero-order valence-corrected chi connectivity index (χ0v) is 12.9. The van der Waals surface area contributed by atoms with E-state index >= 15 is 0 Å². The van der Waals surface area contributed by atoms with Gasteiger partial charge in [-0.15, -0.1) is 0 Å². The number of ketones is 1. The van der Waals surface area contributed by atoms with Crippen LogP contribution in [-0.4, -0.2) is 28.6 Å². The number of carbonyl (C=O) groups is 2. The molecule has 4 nitrogen and oxygen atoms in total. The van der Waals surface area contributed by atoms with Gasteiger partial charge >= 0.3 is 0 Å². The number of rotatable bonds is 4. The van der Waals surface area contributed by atoms with Gasteiger partial charge < -0.3 is 9.88 Å². The lowest BCUT2D eigenvalue weighted by Gasteiger charge is -2.16. The average Bonchev–Trinajstić information content (AvgIpc) is 2.90. The fraction of sp³-hybridized carbons (Fsp3) is 0.200. The van der Waals surface area contributed by atoms with Crippen molar-refractivity contribution in [2.45, 2.75) is 13.5 Å². The minimum Gasteiger partial charge on any atom is -0.356 e. The highest BCUT2D eigenvalue weighted by Crippen LogP contribution is 2.13. The van der Waals surface area contributed by atoms with Crippen LogP contribution in [0.2, 0.25) is 0 Å². The molecule has 0 saturated heterocycles. The first-order valence-corrected chi connectivity index (χ1v) is 6.96. The van der Waals surface area contributed by atoms with Gasteiger partial charge in [0, 0.05) is 29.8 Å². The normalized spacial score (nSPS) is 10.3. The number of Topliss-reactive ketones (excluding diaryl/α,β-unsaturated/α-hetero) is 1. The lowest BCUT2D eigenvalue weighted by molar-refractivity contribution is 0.0780. The predicted octanol–water partition coefficient (Wildman–Crippen LogP) is 3.25. The van der Waals surface area contributed by atoms with Crippen LogP contribution in [0, 0.1) is 0 Å². The standard InChI is InChI=1S/C15H15BrN2O2/c1-10(19)12-7-14(17-8-12)15(20)18(2)9-11-3-5-13(16)6-4-11/h3-8,17H,9H2,1-2H3. The Morgan fingerprint density at radius 2 is 1.90 bits per heavy atom. The van der Waals surface area contributed by atoms with Gasteiger partial charge in [0.05, 0.1) is 0 Å². The smallest absolute Gasteiger partial charge is 0.270 e. The number of aromatic nitrogens is 1. The summed E-state index contributed by atoms with van der Waals surface area (Å²) in [5, 5.41) is 0. The van der Waals surface area contributed by atoms with Crippen molar-refractivity contribution in [3.8, 4) is 0 Å². The molecule has 1 amide bonds. The number of H-pyrrole nitrogens is 1. The van der Waals surface area contributed by atoms with Crippen LogP contribution in [0.4, 0.5) is 0 Å². The lowest BCUT2D eigenvalue weighted by Crippen LogP contribution is -2.26. The minimum atomic E-state index is -0.139. The molecule has 1 N–H and O–H groups in total. The van der Waals surface area contributed by atoms with E-state index < -0.39 is 0 Å². The van der Waals surface area contributed by atoms with Crippen molar-refractivity contribution in [1.29, 1.82) is 0 Å². The number of halogens is 1. The first-order chi connectivity index (χ1) is 9.47. The quantitative estimate of drug-likeness (QED) is 0.872. The van der Waals surface area contributed by atoms with Crippen LogP contribution in [0.1, 0.15) is 33.3 Å². The molecule has 0 aliphatic carbocycles. The highest BCUT2D eigenvalue weighted by molar-refractivity contribution is 9.10. The molecule has 0 atom stereocenters. The number of hydrogen-bond acceptors (Lipinski definition) is 2. The summed E-state index contributed by atoms with van der Waals surface area (Å²) in [7, 11) is 1.73. The molecule has 0 radical (unpaired) electrons. The van der Waals surface area contributed by atoms with Crippen molar-refractivity contribution >= 4 is 27.6 Å². The number of aromatic amines is 1. The molecule has 0 aliphatic rings. The number of nitrogens with zero attached hydrogens (tertiary/aromatic N) is 1. The van der Waals surface area contributed by atoms with Crippen LogP contribution in [0.15, 0.2) is 41.0 Å². The second kappa shape index (κ2) is 6.05. The van der Waals surface area contributed by atoms with Crippen LogP contribution in [0.25, 0.3) is 0 Å². The Labute approximate surface area is 125 Å². The highest BCUT2D eigenvalue weighted by Gasteiger charge is 2.15. The SMILES string of the molecule is CC(=O)c1c[nH]c(C(=O)N(C)Cc2ccc(Br)cc2)c1. The molecule has 0 fully saturated rings. The van der Waals surface area contributed by atoms with Crippen LogP contribution < -0.4 is 0 Å². The van der Waals surface area contributed by atoms with Crippen molar-refractivity contribution in [2.24, 2.45) is 0 Å². The molecule has 1 heterocycles. The van der Waals surface area contributed by atoms with Gasteiger partial charge in [0.15, 0.2) is 5.78 Å². The van der Waals surface area contributed by atoms with Crippen molar-refractivity contribution in [3.63, 3.8) is 0 Å². The monoisotopic (exact) mass is 334 g/mol. The Bertz CT molecular complexity index is 632. The van der Waals surface area contributed by atoms with E-state index in [1.807, 2.05) is 24.3 Å². The fourth-order valence-electron chi connectivity index (χ4n) is 1.86. The molecule has 1 aromatic heterocycles. The summed E-state index contributed by atoms with van der Waals surface area (Å²) >= 11 is 3.38. The van der Waals surface area contributed by atoms with E-state index in [2.05, 4.69) is 20.9 Å². The topological polar surface area (TPSA) is 53.2 Å². The van der Waals surface area contributed by atoms with Gasteiger partial charge in [-0.3, -0.25) is 9.59 Å². The third-order valence-corrected chi connectivity index (χ3v) is 3.53. The highest BCUT2D eigenvalue weighted by atomic mass is 79.9. The fourth-order valence-corrected chi connectivity index (χ4v) is 2.13. The lowest BCUT2D eigenvalue weighted by atomic mass is 10.2. The largest absolute Gasteiger partial charge is 0.356 e. The van der Waals surface area contributed by atoms with Crippen molar-refractivity contribution in [3.05, 3.63) is 57.8 Å². The summed E-state index contributed by atoms with van der Waals surface area (Å²) in [6, 6.07) is 9.39. The molecule has 2 aromatic rings. The molecular weight excluding hydrogens is 320 g/mol. The first kappa shape index (κ1) is 14.5. The molecule has 1 aromatic carbocycles. The average molecular weight is 335 g/mol. The van der Waals surface area contributed by atoms with Crippen molar-refractivity contribution in [2.75, 3.05) is 7.05 Å². The van der Waals surface area contributed by atoms with Gasteiger partial charge in [-0.1, -0.05) is 28.1 Å². The Morgan fingerprint density at radius 1 is 1.25 bits per heavy atom. The maximum atomic E-state index is 12.2. The zero-order chi connectivity index (χ0) is 14.7. The summed E-state index contributed by atoms with van der Waals surface area (Å²) in [4.78, 5) is 27.9. The van der Waals surface area contributed by atoms with Gasteiger partial charge in [-0.05, 0) is 30.7 Å². The van der Waals surface area contributed by atoms with E-state index in [1.54, 1.807) is 24.2 Å². The molecule has 0 spiro atoms. The van der Waals surface area contributed by atoms with E-state index in [0.29, 0.717) is 17.8 Å². The number of carbonyl (C=O) groups excluding carboxylic acids is 2. The number of nitrogens with one attached hydrogen (secondary N) is 1. The molecule has 0 aliphatic heterocycles. The van der Waals surface area contributed by atoms with Crippen molar-refractivity contribution in [1.82, 2.24) is 9.88 Å². The molecule has 5 heteroatoms. The third kappa shape index (κ3) is 3.36. The van der Waals surface area contributed by atoms with E-state index in [1.165, 1.54) is 6.92 Å².